The first-order valence-electron chi connectivity index (χ1n) is 6.29. The Labute approximate surface area is 130 Å². The summed E-state index contributed by atoms with van der Waals surface area (Å²) in [4.78, 5) is 23.3. The fourth-order valence-corrected chi connectivity index (χ4v) is 2.30. The molecule has 21 heavy (non-hydrogen) atoms. The summed E-state index contributed by atoms with van der Waals surface area (Å²) in [5, 5.41) is 9.67. The van der Waals surface area contributed by atoms with Crippen LogP contribution in [0, 0.1) is 0 Å². The summed E-state index contributed by atoms with van der Waals surface area (Å²) in [6, 6.07) is 7.27. The second-order valence-corrected chi connectivity index (χ2v) is 5.23. The summed E-state index contributed by atoms with van der Waals surface area (Å²) >= 11 is 3.25. The van der Waals surface area contributed by atoms with E-state index in [1.165, 1.54) is 4.68 Å². The molecular weight excluding hydrogens is 336 g/mol. The van der Waals surface area contributed by atoms with Crippen LogP contribution in [0.3, 0.4) is 0 Å². The quantitative estimate of drug-likeness (QED) is 0.876. The Morgan fingerprint density at radius 3 is 2.90 bits per heavy atom. The van der Waals surface area contributed by atoms with E-state index in [0.29, 0.717) is 22.3 Å². The summed E-state index contributed by atoms with van der Waals surface area (Å²) in [7, 11) is 3.18. The monoisotopic (exact) mass is 350 g/mol. The molecule has 0 aliphatic rings. The highest BCUT2D eigenvalue weighted by atomic mass is 79.9. The second kappa shape index (κ2) is 6.53. The Balaban J connectivity index is 2.15. The number of hydrogen-bond acceptors (Lipinski definition) is 4. The zero-order valence-electron chi connectivity index (χ0n) is 11.7. The second-order valence-electron chi connectivity index (χ2n) is 4.43. The number of anilines is 1. The third-order valence-electron chi connectivity index (χ3n) is 2.98. The Bertz CT molecular complexity index is 727. The number of carbonyl (C=O) groups is 1. The number of aryl methyl sites for hydroxylation is 1. The Morgan fingerprint density at radius 1 is 1.43 bits per heavy atom. The van der Waals surface area contributed by atoms with E-state index < -0.39 is 0 Å². The number of nitrogens with zero attached hydrogens (tertiary/aromatic N) is 2. The predicted molar refractivity (Wildman–Crippen MR) is 84.3 cm³/mol. The minimum Gasteiger partial charge on any atom is -0.379 e. The van der Waals surface area contributed by atoms with Crippen molar-refractivity contribution in [2.45, 2.75) is 6.54 Å². The summed E-state index contributed by atoms with van der Waals surface area (Å²) in [5.41, 5.74) is 1.93. The van der Waals surface area contributed by atoms with Crippen molar-refractivity contribution < 1.29 is 4.79 Å². The van der Waals surface area contributed by atoms with Gasteiger partial charge in [0.25, 0.3) is 11.5 Å². The van der Waals surface area contributed by atoms with Gasteiger partial charge in [-0.15, -0.1) is 0 Å². The number of aromatic nitrogens is 2. The van der Waals surface area contributed by atoms with E-state index in [9.17, 15) is 9.59 Å². The maximum Gasteiger partial charge on any atom is 0.282 e. The summed E-state index contributed by atoms with van der Waals surface area (Å²) in [6.45, 7) is 0.484. The highest BCUT2D eigenvalue weighted by Gasteiger charge is 2.07. The zero-order chi connectivity index (χ0) is 15.4. The highest BCUT2D eigenvalue weighted by molar-refractivity contribution is 9.10. The van der Waals surface area contributed by atoms with Crippen LogP contribution >= 0.6 is 15.9 Å². The maximum atomic E-state index is 11.7. The van der Waals surface area contributed by atoms with Crippen molar-refractivity contribution in [1.82, 2.24) is 15.1 Å². The van der Waals surface area contributed by atoms with Crippen molar-refractivity contribution in [2.75, 3.05) is 12.4 Å². The van der Waals surface area contributed by atoms with E-state index in [-0.39, 0.29) is 11.5 Å². The predicted octanol–water partition coefficient (Wildman–Crippen LogP) is 1.51. The van der Waals surface area contributed by atoms with Crippen LogP contribution in [0.1, 0.15) is 15.9 Å². The Kier molecular flexibility index (Phi) is 4.74. The van der Waals surface area contributed by atoms with Gasteiger partial charge in [0, 0.05) is 26.2 Å². The molecule has 2 rings (SSSR count). The molecule has 0 aliphatic carbocycles. The van der Waals surface area contributed by atoms with E-state index >= 15 is 0 Å². The smallest absolute Gasteiger partial charge is 0.282 e. The van der Waals surface area contributed by atoms with Crippen molar-refractivity contribution in [3.63, 3.8) is 0 Å². The average Bonchev–Trinajstić information content (AvgIpc) is 2.51. The lowest BCUT2D eigenvalue weighted by molar-refractivity contribution is 0.0963. The maximum absolute atomic E-state index is 11.7. The lowest BCUT2D eigenvalue weighted by Gasteiger charge is -2.09. The molecule has 0 atom stereocenters. The number of nitrogens with one attached hydrogen (secondary N) is 2. The number of halogens is 1. The van der Waals surface area contributed by atoms with Crippen LogP contribution in [0.15, 0.2) is 39.7 Å². The lowest BCUT2D eigenvalue weighted by atomic mass is 10.1. The first-order valence-corrected chi connectivity index (χ1v) is 7.09. The van der Waals surface area contributed by atoms with Gasteiger partial charge in [-0.05, 0) is 33.6 Å². The molecular formula is C14H15BrN4O2. The van der Waals surface area contributed by atoms with Crippen LogP contribution in [0.5, 0.6) is 0 Å². The van der Waals surface area contributed by atoms with Crippen LogP contribution in [0.25, 0.3) is 0 Å². The highest BCUT2D eigenvalue weighted by Crippen LogP contribution is 2.17. The van der Waals surface area contributed by atoms with E-state index in [1.807, 2.05) is 12.1 Å². The fourth-order valence-electron chi connectivity index (χ4n) is 1.80. The van der Waals surface area contributed by atoms with Gasteiger partial charge >= 0.3 is 0 Å². The number of hydrogen-bond donors (Lipinski definition) is 2. The molecule has 6 nitrogen and oxygen atoms in total. The topological polar surface area (TPSA) is 76.0 Å². The fraction of sp³-hybridized carbons (Fsp3) is 0.214. The molecule has 1 aromatic heterocycles. The van der Waals surface area contributed by atoms with Crippen molar-refractivity contribution in [3.05, 3.63) is 56.4 Å². The van der Waals surface area contributed by atoms with Gasteiger partial charge < -0.3 is 10.6 Å². The molecule has 1 heterocycles. The number of amides is 1. The minimum atomic E-state index is -0.209. The van der Waals surface area contributed by atoms with Crippen molar-refractivity contribution in [1.29, 1.82) is 0 Å². The zero-order valence-corrected chi connectivity index (χ0v) is 13.3. The molecule has 0 radical (unpaired) electrons. The van der Waals surface area contributed by atoms with E-state index in [0.717, 1.165) is 5.56 Å². The van der Waals surface area contributed by atoms with Crippen LogP contribution in [0.4, 0.5) is 5.69 Å². The van der Waals surface area contributed by atoms with Crippen molar-refractivity contribution >= 4 is 27.5 Å². The van der Waals surface area contributed by atoms with E-state index in [4.69, 9.17) is 0 Å². The Hall–Kier alpha value is -2.15. The van der Waals surface area contributed by atoms with Crippen LogP contribution in [-0.4, -0.2) is 22.7 Å². The molecule has 2 aromatic rings. The summed E-state index contributed by atoms with van der Waals surface area (Å²) in [5.74, 6) is -0.131. The van der Waals surface area contributed by atoms with Crippen LogP contribution in [0.2, 0.25) is 0 Å². The number of benzene rings is 1. The lowest BCUT2D eigenvalue weighted by Crippen LogP contribution is -2.21. The van der Waals surface area contributed by atoms with Crippen LogP contribution < -0.4 is 16.2 Å². The molecule has 0 unspecified atom stereocenters. The van der Waals surface area contributed by atoms with Gasteiger partial charge in [0.05, 0.1) is 11.9 Å². The normalized spacial score (nSPS) is 10.2. The first kappa shape index (κ1) is 15.2. The van der Waals surface area contributed by atoms with Gasteiger partial charge in [-0.2, -0.15) is 5.10 Å². The molecule has 1 amide bonds. The summed E-state index contributed by atoms with van der Waals surface area (Å²) < 4.78 is 1.68. The average molecular weight is 351 g/mol. The first-order chi connectivity index (χ1) is 10.0. The van der Waals surface area contributed by atoms with Gasteiger partial charge in [-0.1, -0.05) is 12.1 Å². The molecule has 0 bridgehead atoms. The van der Waals surface area contributed by atoms with Gasteiger partial charge in [-0.3, -0.25) is 9.59 Å². The van der Waals surface area contributed by atoms with E-state index in [1.54, 1.807) is 32.4 Å². The minimum absolute atomic E-state index is 0.131. The third kappa shape index (κ3) is 3.49. The molecule has 0 saturated heterocycles. The molecule has 0 spiro atoms. The van der Waals surface area contributed by atoms with Gasteiger partial charge in [0.1, 0.15) is 4.47 Å². The van der Waals surface area contributed by atoms with E-state index in [2.05, 4.69) is 31.7 Å². The molecule has 2 N–H and O–H groups in total. The van der Waals surface area contributed by atoms with Crippen LogP contribution in [-0.2, 0) is 13.6 Å². The third-order valence-corrected chi connectivity index (χ3v) is 3.74. The van der Waals surface area contributed by atoms with Gasteiger partial charge in [0.15, 0.2) is 0 Å². The Morgan fingerprint density at radius 2 is 2.19 bits per heavy atom. The van der Waals surface area contributed by atoms with Gasteiger partial charge in [0.2, 0.25) is 0 Å². The molecule has 110 valence electrons. The van der Waals surface area contributed by atoms with Crippen molar-refractivity contribution in [3.8, 4) is 0 Å². The van der Waals surface area contributed by atoms with Gasteiger partial charge in [-0.25, -0.2) is 4.68 Å². The SMILES string of the molecule is CNC(=O)c1cccc(CNc2cnn(C)c(=O)c2Br)c1. The molecule has 0 saturated carbocycles. The standard InChI is InChI=1S/C14H15BrN4O2/c1-16-13(20)10-5-3-4-9(6-10)7-17-11-8-18-19(2)14(21)12(11)15/h3-6,8,17H,7H2,1-2H3,(H,16,20). The summed E-state index contributed by atoms with van der Waals surface area (Å²) in [6.07, 6.45) is 1.58. The molecule has 1 aromatic carbocycles. The molecule has 0 aliphatic heterocycles. The number of carbonyl (C=O) groups excluding carboxylic acids is 1. The number of rotatable bonds is 4. The largest absolute Gasteiger partial charge is 0.379 e. The molecule has 7 heteroatoms. The van der Waals surface area contributed by atoms with Crippen molar-refractivity contribution in [2.24, 2.45) is 7.05 Å². The molecule has 0 fully saturated rings.